The van der Waals surface area contributed by atoms with E-state index in [0.717, 1.165) is 17.5 Å². The van der Waals surface area contributed by atoms with Crippen LogP contribution in [0.2, 0.25) is 0 Å². The molecule has 0 aliphatic carbocycles. The van der Waals surface area contributed by atoms with E-state index in [2.05, 4.69) is 10.1 Å². The van der Waals surface area contributed by atoms with Crippen LogP contribution in [0.5, 0.6) is 0 Å². The molecule has 1 unspecified atom stereocenters. The third kappa shape index (κ3) is 3.50. The van der Waals surface area contributed by atoms with Crippen molar-refractivity contribution in [2.45, 2.75) is 32.0 Å². The summed E-state index contributed by atoms with van der Waals surface area (Å²) < 4.78 is 41.7. The van der Waals surface area contributed by atoms with Crippen LogP contribution in [-0.2, 0) is 26.2 Å². The number of aromatic nitrogens is 3. The number of rotatable bonds is 4. The van der Waals surface area contributed by atoms with Crippen LogP contribution in [0.15, 0.2) is 48.8 Å². The van der Waals surface area contributed by atoms with Crippen molar-refractivity contribution in [3.63, 3.8) is 0 Å². The molecule has 1 atom stereocenters. The van der Waals surface area contributed by atoms with Gasteiger partial charge >= 0.3 is 6.18 Å². The third-order valence-corrected chi connectivity index (χ3v) is 5.32. The Morgan fingerprint density at radius 1 is 1.17 bits per heavy atom. The van der Waals surface area contributed by atoms with E-state index < -0.39 is 17.6 Å². The molecule has 1 aromatic heterocycles. The van der Waals surface area contributed by atoms with Crippen LogP contribution in [0.1, 0.15) is 45.7 Å². The number of halogens is 3. The number of aryl methyl sites for hydroxylation is 1. The number of anilines is 1. The standard InChI is InChI=1S/C21H19F3N4O/c1-13(9-19-25-12-26-27(19)2)14-5-3-6-15(10-14)28-11-17-16(20(28)29)7-4-8-18(17)21(22,23)24/h3-8,10,12-13H,9,11H2,1-2H3. The summed E-state index contributed by atoms with van der Waals surface area (Å²) in [6, 6.07) is 11.1. The Labute approximate surface area is 165 Å². The molecule has 1 amide bonds. The molecule has 0 saturated carbocycles. The summed E-state index contributed by atoms with van der Waals surface area (Å²) in [5.74, 6) is 0.523. The summed E-state index contributed by atoms with van der Waals surface area (Å²) in [6.07, 6.45) is -2.34. The molecule has 0 radical (unpaired) electrons. The van der Waals surface area contributed by atoms with Crippen LogP contribution < -0.4 is 4.90 Å². The number of hydrogen-bond donors (Lipinski definition) is 0. The summed E-state index contributed by atoms with van der Waals surface area (Å²) in [6.45, 7) is 1.95. The predicted molar refractivity (Wildman–Crippen MR) is 102 cm³/mol. The highest BCUT2D eigenvalue weighted by atomic mass is 19.4. The molecule has 29 heavy (non-hydrogen) atoms. The monoisotopic (exact) mass is 400 g/mol. The third-order valence-electron chi connectivity index (χ3n) is 5.32. The lowest BCUT2D eigenvalue weighted by Crippen LogP contribution is -2.23. The molecule has 150 valence electrons. The van der Waals surface area contributed by atoms with Crippen LogP contribution in [0, 0.1) is 0 Å². The van der Waals surface area contributed by atoms with Gasteiger partial charge in [-0.2, -0.15) is 18.3 Å². The zero-order chi connectivity index (χ0) is 20.8. The second-order valence-corrected chi connectivity index (χ2v) is 7.22. The van der Waals surface area contributed by atoms with Crippen molar-refractivity contribution < 1.29 is 18.0 Å². The van der Waals surface area contributed by atoms with Crippen molar-refractivity contribution in [1.29, 1.82) is 0 Å². The van der Waals surface area contributed by atoms with Crippen LogP contribution in [0.4, 0.5) is 18.9 Å². The molecule has 0 spiro atoms. The van der Waals surface area contributed by atoms with Gasteiger partial charge in [-0.1, -0.05) is 25.1 Å². The number of carbonyl (C=O) groups is 1. The van der Waals surface area contributed by atoms with Crippen LogP contribution in [-0.4, -0.2) is 20.7 Å². The molecule has 1 aliphatic heterocycles. The smallest absolute Gasteiger partial charge is 0.304 e. The number of nitrogens with zero attached hydrogens (tertiary/aromatic N) is 4. The van der Waals surface area contributed by atoms with E-state index in [1.54, 1.807) is 10.7 Å². The number of alkyl halides is 3. The van der Waals surface area contributed by atoms with E-state index in [-0.39, 0.29) is 23.6 Å². The molecule has 4 rings (SSSR count). The number of amides is 1. The van der Waals surface area contributed by atoms with Gasteiger partial charge < -0.3 is 4.90 Å². The number of hydrogen-bond acceptors (Lipinski definition) is 3. The van der Waals surface area contributed by atoms with Crippen molar-refractivity contribution in [3.05, 3.63) is 76.9 Å². The normalized spacial score (nSPS) is 14.9. The highest BCUT2D eigenvalue weighted by molar-refractivity contribution is 6.10. The van der Waals surface area contributed by atoms with Crippen LogP contribution >= 0.6 is 0 Å². The second-order valence-electron chi connectivity index (χ2n) is 7.22. The lowest BCUT2D eigenvalue weighted by Gasteiger charge is -2.19. The summed E-state index contributed by atoms with van der Waals surface area (Å²) in [5, 5.41) is 4.07. The summed E-state index contributed by atoms with van der Waals surface area (Å²) in [7, 11) is 1.82. The topological polar surface area (TPSA) is 51.0 Å². The minimum Gasteiger partial charge on any atom is -0.304 e. The Bertz CT molecular complexity index is 1070. The Hall–Kier alpha value is -3.16. The molecular formula is C21H19F3N4O. The van der Waals surface area contributed by atoms with Crippen LogP contribution in [0.3, 0.4) is 0 Å². The Kier molecular flexibility index (Phi) is 4.64. The van der Waals surface area contributed by atoms with Gasteiger partial charge in [-0.25, -0.2) is 4.98 Å². The zero-order valence-electron chi connectivity index (χ0n) is 15.9. The Balaban J connectivity index is 1.62. The average Bonchev–Trinajstić information content (AvgIpc) is 3.24. The molecular weight excluding hydrogens is 381 g/mol. The second kappa shape index (κ2) is 7.02. The van der Waals surface area contributed by atoms with Gasteiger partial charge in [0.1, 0.15) is 12.2 Å². The highest BCUT2D eigenvalue weighted by Gasteiger charge is 2.39. The summed E-state index contributed by atoms with van der Waals surface area (Å²) >= 11 is 0. The van der Waals surface area contributed by atoms with E-state index in [4.69, 9.17) is 0 Å². The van der Waals surface area contributed by atoms with E-state index in [1.807, 2.05) is 32.2 Å². The number of carbonyl (C=O) groups excluding carboxylic acids is 1. The Morgan fingerprint density at radius 2 is 1.93 bits per heavy atom. The molecule has 8 heteroatoms. The van der Waals surface area contributed by atoms with E-state index in [1.165, 1.54) is 23.4 Å². The maximum absolute atomic E-state index is 13.3. The average molecular weight is 400 g/mol. The summed E-state index contributed by atoms with van der Waals surface area (Å²) in [4.78, 5) is 18.4. The largest absolute Gasteiger partial charge is 0.416 e. The number of fused-ring (bicyclic) bond motifs is 1. The number of benzene rings is 2. The van der Waals surface area contributed by atoms with E-state index in [0.29, 0.717) is 12.1 Å². The molecule has 0 N–H and O–H groups in total. The lowest BCUT2D eigenvalue weighted by atomic mass is 9.97. The van der Waals surface area contributed by atoms with Gasteiger partial charge in [-0.3, -0.25) is 9.48 Å². The minimum atomic E-state index is -4.49. The maximum atomic E-state index is 13.3. The van der Waals surface area contributed by atoms with E-state index >= 15 is 0 Å². The molecule has 0 fully saturated rings. The molecule has 0 saturated heterocycles. The lowest BCUT2D eigenvalue weighted by molar-refractivity contribution is -0.138. The van der Waals surface area contributed by atoms with Crippen LogP contribution in [0.25, 0.3) is 0 Å². The van der Waals surface area contributed by atoms with Gasteiger partial charge in [0.25, 0.3) is 5.91 Å². The van der Waals surface area contributed by atoms with Gasteiger partial charge in [0, 0.05) is 24.7 Å². The van der Waals surface area contributed by atoms with Gasteiger partial charge in [0.05, 0.1) is 12.1 Å². The van der Waals surface area contributed by atoms with Gasteiger partial charge in [0.2, 0.25) is 0 Å². The maximum Gasteiger partial charge on any atom is 0.416 e. The van der Waals surface area contributed by atoms with Crippen molar-refractivity contribution >= 4 is 11.6 Å². The molecule has 3 aromatic rings. The fourth-order valence-corrected chi connectivity index (χ4v) is 3.70. The first-order valence-electron chi connectivity index (χ1n) is 9.19. The molecule has 5 nitrogen and oxygen atoms in total. The van der Waals surface area contributed by atoms with Crippen molar-refractivity contribution in [3.8, 4) is 0 Å². The molecule has 2 aromatic carbocycles. The summed E-state index contributed by atoms with van der Waals surface area (Å²) in [5.41, 5.74) is 0.949. The predicted octanol–water partition coefficient (Wildman–Crippen LogP) is 4.34. The minimum absolute atomic E-state index is 0.0301. The van der Waals surface area contributed by atoms with E-state index in [9.17, 15) is 18.0 Å². The van der Waals surface area contributed by atoms with Gasteiger partial charge in [0.15, 0.2) is 0 Å². The first kappa shape index (κ1) is 19.2. The highest BCUT2D eigenvalue weighted by Crippen LogP contribution is 2.38. The fourth-order valence-electron chi connectivity index (χ4n) is 3.70. The van der Waals surface area contributed by atoms with Gasteiger partial charge in [-0.05, 0) is 41.3 Å². The quantitative estimate of drug-likeness (QED) is 0.655. The fraction of sp³-hybridized carbons (Fsp3) is 0.286. The zero-order valence-corrected chi connectivity index (χ0v) is 15.9. The SMILES string of the molecule is CC(Cc1ncnn1C)c1cccc(N2Cc3c(cccc3C(F)(F)F)C2=O)c1. The van der Waals surface area contributed by atoms with Gasteiger partial charge in [-0.15, -0.1) is 0 Å². The molecule has 1 aliphatic rings. The molecule has 0 bridgehead atoms. The first-order chi connectivity index (χ1) is 13.8. The van der Waals surface area contributed by atoms with Crippen molar-refractivity contribution in [1.82, 2.24) is 14.8 Å². The van der Waals surface area contributed by atoms with Crippen molar-refractivity contribution in [2.75, 3.05) is 4.90 Å². The molecule has 2 heterocycles. The van der Waals surface area contributed by atoms with Crippen molar-refractivity contribution in [2.24, 2.45) is 7.05 Å². The Morgan fingerprint density at radius 3 is 2.62 bits per heavy atom. The first-order valence-corrected chi connectivity index (χ1v) is 9.19.